The first-order valence-electron chi connectivity index (χ1n) is 10.6. The monoisotopic (exact) mass is 616 g/mol. The zero-order chi connectivity index (χ0) is 26.3. The van der Waals surface area contributed by atoms with Crippen molar-refractivity contribution < 1.29 is 38.2 Å². The maximum Gasteiger partial charge on any atom is 1.00 e. The highest BCUT2D eigenvalue weighted by atomic mass is 79.9. The van der Waals surface area contributed by atoms with Gasteiger partial charge in [-0.15, -0.1) is 0 Å². The Kier molecular flexibility index (Phi) is 5.63. The number of nitrogens with zero attached hydrogens (tertiary/aromatic N) is 4. The number of aromatic nitrogens is 5. The number of aromatic amines is 1. The van der Waals surface area contributed by atoms with Crippen molar-refractivity contribution in [2.45, 2.75) is 24.5 Å². The number of halogens is 1. The van der Waals surface area contributed by atoms with Crippen molar-refractivity contribution in [2.24, 2.45) is 0 Å². The number of rotatable bonds is 4. The van der Waals surface area contributed by atoms with Crippen molar-refractivity contribution in [3.63, 3.8) is 0 Å². The molecule has 0 aliphatic carbocycles. The van der Waals surface area contributed by atoms with Crippen LogP contribution in [0.3, 0.4) is 0 Å². The van der Waals surface area contributed by atoms with Gasteiger partial charge in [-0.25, -0.2) is 17.8 Å². The molecule has 0 amide bonds. The molecule has 37 heavy (non-hydrogen) atoms. The Bertz CT molecular complexity index is 1780. The molecule has 18 heteroatoms. The molecule has 0 spiro atoms. The molecule has 5 heterocycles. The quantitative estimate of drug-likeness (QED) is 0.212. The highest BCUT2D eigenvalue weighted by Gasteiger charge is 2.51. The van der Waals surface area contributed by atoms with Gasteiger partial charge in [0.15, 0.2) is 22.1 Å². The van der Waals surface area contributed by atoms with Crippen molar-refractivity contribution in [2.75, 3.05) is 17.6 Å². The molecule has 2 aliphatic rings. The first-order valence-corrected chi connectivity index (χ1v) is 14.8. The van der Waals surface area contributed by atoms with E-state index in [1.807, 2.05) is 0 Å². The molecule has 0 radical (unpaired) electrons. The van der Waals surface area contributed by atoms with Gasteiger partial charge in [-0.05, 0) is 33.6 Å². The van der Waals surface area contributed by atoms with Gasteiger partial charge in [0.1, 0.15) is 18.3 Å². The zero-order valence-electron chi connectivity index (χ0n) is 19.6. The van der Waals surface area contributed by atoms with E-state index in [0.29, 0.717) is 16.9 Å². The Morgan fingerprint density at radius 1 is 1.32 bits per heavy atom. The standard InChI is InChI=1S/C19H18BrN6O9PS/c1-37(31,32)24-9-4-2-8(3-5-9)10-6-25-16(28)12-15(23-19(25)21-10)26(18(20)22-12)17-13(27)14-11(34-17)7-33-36(29,30)35-14/h2-6,11,13-14,17,24,27H,7H2,1H3,(H,21,23)(H,29,30)/t11?,13?,14-,17-/m1/s1. The number of benzene rings is 1. The summed E-state index contributed by atoms with van der Waals surface area (Å²) in [6.07, 6.45) is -2.09. The summed E-state index contributed by atoms with van der Waals surface area (Å²) in [7, 11) is -8.00. The molecule has 2 saturated heterocycles. The second kappa shape index (κ2) is 8.44. The highest BCUT2D eigenvalue weighted by molar-refractivity contribution is 9.10. The molecule has 6 rings (SSSR count). The van der Waals surface area contributed by atoms with Crippen molar-refractivity contribution >= 4 is 56.4 Å². The van der Waals surface area contributed by atoms with E-state index in [2.05, 4.69) is 40.1 Å². The summed E-state index contributed by atoms with van der Waals surface area (Å²) in [5.74, 6) is 0.160. The molecule has 0 saturated carbocycles. The Morgan fingerprint density at radius 2 is 2.05 bits per heavy atom. The van der Waals surface area contributed by atoms with Gasteiger partial charge in [0.05, 0.1) is 18.6 Å². The normalized spacial score (nSPS) is 28.1. The third kappa shape index (κ3) is 4.30. The summed E-state index contributed by atoms with van der Waals surface area (Å²) in [5, 5.41) is 10.8. The van der Waals surface area contributed by atoms with E-state index < -0.39 is 47.9 Å². The molecule has 3 unspecified atom stereocenters. The Morgan fingerprint density at radius 3 is 2.76 bits per heavy atom. The molecular formula is C19H18BrN6O9PS. The number of phosphoric acid groups is 1. The fraction of sp³-hybridized carbons (Fsp3) is 0.316. The fourth-order valence-corrected chi connectivity index (χ4v) is 6.41. The van der Waals surface area contributed by atoms with Crippen molar-refractivity contribution in [3.8, 4) is 11.3 Å². The fourth-order valence-electron chi connectivity index (χ4n) is 4.35. The second-order valence-corrected chi connectivity index (χ2v) is 12.3. The average Bonchev–Trinajstić information content (AvgIpc) is 3.47. The van der Waals surface area contributed by atoms with E-state index in [0.717, 1.165) is 6.26 Å². The lowest BCUT2D eigenvalue weighted by Crippen LogP contribution is -2.41. The number of H-pyrrole nitrogens is 1. The Balaban J connectivity index is 0.00000294. The number of fused-ring (bicyclic) bond motifs is 3. The summed E-state index contributed by atoms with van der Waals surface area (Å²) >= 11 is 3.27. The minimum atomic E-state index is -4.57. The Hall–Kier alpha value is -2.63. The maximum atomic E-state index is 13.2. The van der Waals surface area contributed by atoms with Crippen LogP contribution in [0.2, 0.25) is 0 Å². The molecule has 2 aliphatic heterocycles. The highest BCUT2D eigenvalue weighted by Crippen LogP contribution is 2.50. The van der Waals surface area contributed by atoms with Crippen molar-refractivity contribution in [1.29, 1.82) is 0 Å². The number of phosphoric ester groups is 1. The van der Waals surface area contributed by atoms with E-state index in [-0.39, 0.29) is 29.7 Å². The van der Waals surface area contributed by atoms with E-state index >= 15 is 0 Å². The third-order valence-electron chi connectivity index (χ3n) is 5.92. The van der Waals surface area contributed by atoms with Gasteiger partial charge in [-0.1, -0.05) is 12.1 Å². The number of nitrogens with one attached hydrogen (secondary N) is 2. The van der Waals surface area contributed by atoms with E-state index in [9.17, 15) is 27.8 Å². The number of sulfonamides is 1. The van der Waals surface area contributed by atoms with E-state index in [4.69, 9.17) is 9.26 Å². The van der Waals surface area contributed by atoms with Gasteiger partial charge in [-0.2, -0.15) is 4.98 Å². The number of aliphatic hydroxyl groups is 1. The lowest BCUT2D eigenvalue weighted by atomic mass is 10.1. The first-order chi connectivity index (χ1) is 17.4. The molecule has 4 aromatic rings. The lowest BCUT2D eigenvalue weighted by Gasteiger charge is -2.34. The number of ether oxygens (including phenoxy) is 1. The van der Waals surface area contributed by atoms with Crippen LogP contribution in [0, 0.1) is 0 Å². The van der Waals surface area contributed by atoms with Gasteiger partial charge in [0.2, 0.25) is 15.8 Å². The topological polar surface area (TPSA) is 202 Å². The minimum Gasteiger partial charge on any atom is -0.756 e. The van der Waals surface area contributed by atoms with Crippen LogP contribution in [0.25, 0.3) is 28.2 Å². The number of anilines is 1. The number of aliphatic hydroxyl groups excluding tert-OH is 1. The molecule has 196 valence electrons. The summed E-state index contributed by atoms with van der Waals surface area (Å²) in [6, 6.07) is 6.48. The average molecular weight is 617 g/mol. The molecule has 5 atom stereocenters. The zero-order valence-corrected chi connectivity index (χ0v) is 21.9. The first kappa shape index (κ1) is 24.7. The molecule has 0 bridgehead atoms. The van der Waals surface area contributed by atoms with Crippen LogP contribution in [0.15, 0.2) is 40.0 Å². The predicted molar refractivity (Wildman–Crippen MR) is 130 cm³/mol. The van der Waals surface area contributed by atoms with Crippen molar-refractivity contribution in [1.82, 2.24) is 23.9 Å². The molecule has 3 N–H and O–H groups in total. The molecule has 1 aromatic carbocycles. The van der Waals surface area contributed by atoms with Gasteiger partial charge < -0.3 is 28.8 Å². The van der Waals surface area contributed by atoms with E-state index in [1.165, 1.54) is 15.2 Å². The molecule has 2 fully saturated rings. The van der Waals surface area contributed by atoms with Gasteiger partial charge in [0.25, 0.3) is 13.4 Å². The van der Waals surface area contributed by atoms with Gasteiger partial charge in [-0.3, -0.25) is 18.6 Å². The molecular weight excluding hydrogens is 599 g/mol. The van der Waals surface area contributed by atoms with Crippen LogP contribution in [0.4, 0.5) is 5.69 Å². The minimum absolute atomic E-state index is 0. The number of hydrogen-bond acceptors (Lipinski definition) is 11. The summed E-state index contributed by atoms with van der Waals surface area (Å²) < 4.78 is 55.0. The van der Waals surface area contributed by atoms with Crippen molar-refractivity contribution in [3.05, 3.63) is 45.5 Å². The second-order valence-electron chi connectivity index (χ2n) is 8.52. The Labute approximate surface area is 217 Å². The third-order valence-corrected chi connectivity index (χ3v) is 8.05. The van der Waals surface area contributed by atoms with Crippen LogP contribution in [-0.4, -0.2) is 68.6 Å². The summed E-state index contributed by atoms with van der Waals surface area (Å²) in [6.45, 7) is -0.331. The van der Waals surface area contributed by atoms with Gasteiger partial charge >= 0.3 is 1.43 Å². The maximum absolute atomic E-state index is 13.2. The lowest BCUT2D eigenvalue weighted by molar-refractivity contribution is -0.245. The van der Waals surface area contributed by atoms with Crippen LogP contribution >= 0.6 is 23.8 Å². The van der Waals surface area contributed by atoms with Crippen LogP contribution < -0.4 is 15.2 Å². The van der Waals surface area contributed by atoms with Crippen LogP contribution in [0.5, 0.6) is 0 Å². The summed E-state index contributed by atoms with van der Waals surface area (Å²) in [4.78, 5) is 36.7. The van der Waals surface area contributed by atoms with Crippen LogP contribution in [-0.2, 0) is 28.4 Å². The van der Waals surface area contributed by atoms with Crippen LogP contribution in [0.1, 0.15) is 7.65 Å². The number of imidazole rings is 2. The molecule has 15 nitrogen and oxygen atoms in total. The SMILES string of the molecule is CS(=O)(=O)Nc1ccc(-c2cn3c(=O)c4nc(Br)n([C@@H]5OC6COP(=O)([O-])O[C@H]6C5O)c4nc3[nH]2)cc1.[H+]. The van der Waals surface area contributed by atoms with E-state index in [1.54, 1.807) is 24.3 Å². The predicted octanol–water partition coefficient (Wildman–Crippen LogP) is 0.428. The van der Waals surface area contributed by atoms with Gasteiger partial charge in [0, 0.05) is 11.9 Å². The smallest absolute Gasteiger partial charge is 0.756 e. The summed E-state index contributed by atoms with van der Waals surface area (Å²) in [5.41, 5.74) is 1.10. The number of hydrogen-bond donors (Lipinski definition) is 3. The largest absolute Gasteiger partial charge is 1.00 e. The molecule has 3 aromatic heterocycles.